The van der Waals surface area contributed by atoms with Crippen LogP contribution in [0.2, 0.25) is 0 Å². The van der Waals surface area contributed by atoms with Gasteiger partial charge in [-0.15, -0.1) is 0 Å². The summed E-state index contributed by atoms with van der Waals surface area (Å²) in [5, 5.41) is 2.71. The molecule has 0 unspecified atom stereocenters. The van der Waals surface area contributed by atoms with Crippen molar-refractivity contribution in [1.29, 1.82) is 0 Å². The second-order valence-electron chi connectivity index (χ2n) is 4.72. The number of imidazole rings is 1. The maximum atomic E-state index is 13.1. The summed E-state index contributed by atoms with van der Waals surface area (Å²) in [6.07, 6.45) is 3.02. The molecule has 0 aliphatic heterocycles. The molecule has 3 aromatic rings. The summed E-state index contributed by atoms with van der Waals surface area (Å²) < 4.78 is 20.0. The van der Waals surface area contributed by atoms with Crippen molar-refractivity contribution >= 4 is 11.6 Å². The number of carbonyl (C=O) groups is 1. The fourth-order valence-electron chi connectivity index (χ4n) is 2.01. The maximum absolute atomic E-state index is 13.1. The highest BCUT2D eigenvalue weighted by atomic mass is 19.1. The first kappa shape index (κ1) is 14.1. The third-order valence-corrected chi connectivity index (χ3v) is 3.04. The van der Waals surface area contributed by atoms with Crippen LogP contribution in [-0.2, 0) is 11.3 Å². The number of ether oxygens (including phenoxy) is 1. The molecular formula is C16H14FN3O2. The molecular weight excluding hydrogens is 285 g/mol. The van der Waals surface area contributed by atoms with E-state index in [1.165, 1.54) is 12.3 Å². The van der Waals surface area contributed by atoms with Gasteiger partial charge >= 0.3 is 0 Å². The van der Waals surface area contributed by atoms with Gasteiger partial charge in [0, 0.05) is 12.4 Å². The maximum Gasteiger partial charge on any atom is 0.258 e. The summed E-state index contributed by atoms with van der Waals surface area (Å²) in [7, 11) is 0. The normalized spacial score (nSPS) is 10.6. The van der Waals surface area contributed by atoms with Crippen LogP contribution in [0.5, 0.6) is 5.75 Å². The van der Waals surface area contributed by atoms with Crippen LogP contribution in [0.1, 0.15) is 5.69 Å². The topological polar surface area (TPSA) is 55.6 Å². The smallest absolute Gasteiger partial charge is 0.258 e. The first-order valence-corrected chi connectivity index (χ1v) is 6.78. The van der Waals surface area contributed by atoms with Gasteiger partial charge in [0.05, 0.1) is 12.2 Å². The van der Waals surface area contributed by atoms with Gasteiger partial charge in [-0.1, -0.05) is 18.2 Å². The summed E-state index contributed by atoms with van der Waals surface area (Å²) in [4.78, 5) is 16.0. The molecule has 6 heteroatoms. The average Bonchev–Trinajstić information content (AvgIpc) is 2.94. The Hall–Kier alpha value is -2.89. The second-order valence-corrected chi connectivity index (χ2v) is 4.72. The zero-order valence-corrected chi connectivity index (χ0v) is 11.7. The number of amides is 1. The zero-order valence-electron chi connectivity index (χ0n) is 11.7. The highest BCUT2D eigenvalue weighted by molar-refractivity contribution is 5.77. The number of carbonyl (C=O) groups excluding carboxylic acids is 1. The van der Waals surface area contributed by atoms with Gasteiger partial charge in [-0.2, -0.15) is 0 Å². The van der Waals surface area contributed by atoms with Gasteiger partial charge in [-0.3, -0.25) is 4.79 Å². The van der Waals surface area contributed by atoms with E-state index in [1.54, 1.807) is 28.8 Å². The van der Waals surface area contributed by atoms with E-state index in [2.05, 4.69) is 10.3 Å². The van der Waals surface area contributed by atoms with Crippen LogP contribution in [0.25, 0.3) is 5.65 Å². The lowest BCUT2D eigenvalue weighted by Gasteiger charge is -2.06. The summed E-state index contributed by atoms with van der Waals surface area (Å²) >= 11 is 0. The Bertz CT molecular complexity index is 786. The molecule has 5 nitrogen and oxygen atoms in total. The van der Waals surface area contributed by atoms with Crippen molar-refractivity contribution in [3.8, 4) is 5.75 Å². The van der Waals surface area contributed by atoms with E-state index >= 15 is 0 Å². The molecule has 0 saturated heterocycles. The Kier molecular flexibility index (Phi) is 4.00. The lowest BCUT2D eigenvalue weighted by molar-refractivity contribution is -0.123. The summed E-state index contributed by atoms with van der Waals surface area (Å²) in [5.74, 6) is 0.0599. The van der Waals surface area contributed by atoms with Gasteiger partial charge in [-0.25, -0.2) is 9.37 Å². The molecule has 0 spiro atoms. The average molecular weight is 299 g/mol. The quantitative estimate of drug-likeness (QED) is 0.785. The van der Waals surface area contributed by atoms with Gasteiger partial charge in [0.25, 0.3) is 5.91 Å². The molecule has 0 aliphatic rings. The van der Waals surface area contributed by atoms with Crippen LogP contribution >= 0.6 is 0 Å². The largest absolute Gasteiger partial charge is 0.484 e. The van der Waals surface area contributed by atoms with Crippen molar-refractivity contribution in [2.24, 2.45) is 0 Å². The molecule has 112 valence electrons. The van der Waals surface area contributed by atoms with Crippen molar-refractivity contribution in [3.05, 3.63) is 66.4 Å². The molecule has 0 aliphatic carbocycles. The van der Waals surface area contributed by atoms with Crippen LogP contribution in [0.3, 0.4) is 0 Å². The number of benzene rings is 1. The molecule has 0 bridgehead atoms. The lowest BCUT2D eigenvalue weighted by Crippen LogP contribution is -2.28. The number of nitrogens with zero attached hydrogens (tertiary/aromatic N) is 2. The minimum absolute atomic E-state index is 0.0635. The van der Waals surface area contributed by atoms with Crippen LogP contribution in [0.15, 0.2) is 54.9 Å². The first-order valence-electron chi connectivity index (χ1n) is 6.78. The van der Waals surface area contributed by atoms with Crippen LogP contribution < -0.4 is 10.1 Å². The van der Waals surface area contributed by atoms with Gasteiger partial charge in [0.1, 0.15) is 17.2 Å². The number of hydrogen-bond acceptors (Lipinski definition) is 3. The number of para-hydroxylation sites is 1. The fourth-order valence-corrected chi connectivity index (χ4v) is 2.01. The molecule has 0 saturated carbocycles. The number of rotatable bonds is 5. The molecule has 22 heavy (non-hydrogen) atoms. The Balaban J connectivity index is 1.53. The van der Waals surface area contributed by atoms with E-state index in [4.69, 9.17) is 4.74 Å². The van der Waals surface area contributed by atoms with E-state index in [-0.39, 0.29) is 24.9 Å². The monoisotopic (exact) mass is 299 g/mol. The molecule has 1 aromatic carbocycles. The van der Waals surface area contributed by atoms with Crippen molar-refractivity contribution < 1.29 is 13.9 Å². The van der Waals surface area contributed by atoms with Crippen LogP contribution in [-0.4, -0.2) is 21.9 Å². The minimum Gasteiger partial charge on any atom is -0.484 e. The fraction of sp³-hybridized carbons (Fsp3) is 0.125. The number of nitrogens with one attached hydrogen (secondary N) is 1. The molecule has 2 heterocycles. The van der Waals surface area contributed by atoms with E-state index in [0.717, 1.165) is 0 Å². The predicted octanol–water partition coefficient (Wildman–Crippen LogP) is 2.17. The minimum atomic E-state index is -0.336. The number of pyridine rings is 1. The third kappa shape index (κ3) is 3.41. The molecule has 0 radical (unpaired) electrons. The van der Waals surface area contributed by atoms with Crippen molar-refractivity contribution in [1.82, 2.24) is 14.7 Å². The van der Waals surface area contributed by atoms with Gasteiger partial charge in [-0.05, 0) is 24.3 Å². The van der Waals surface area contributed by atoms with E-state index < -0.39 is 0 Å². The predicted molar refractivity (Wildman–Crippen MR) is 78.9 cm³/mol. The van der Waals surface area contributed by atoms with E-state index in [0.29, 0.717) is 17.1 Å². The molecule has 0 atom stereocenters. The Morgan fingerprint density at radius 2 is 2.00 bits per heavy atom. The van der Waals surface area contributed by atoms with Crippen LogP contribution in [0.4, 0.5) is 4.39 Å². The summed E-state index contributed by atoms with van der Waals surface area (Å²) in [5.41, 5.74) is 1.28. The van der Waals surface area contributed by atoms with Crippen molar-refractivity contribution in [2.45, 2.75) is 6.54 Å². The number of hydrogen-bond donors (Lipinski definition) is 1. The van der Waals surface area contributed by atoms with Crippen LogP contribution in [0, 0.1) is 5.82 Å². The molecule has 0 fully saturated rings. The molecule has 1 N–H and O–H groups in total. The third-order valence-electron chi connectivity index (χ3n) is 3.04. The Morgan fingerprint density at radius 1 is 1.18 bits per heavy atom. The van der Waals surface area contributed by atoms with Gasteiger partial charge in [0.2, 0.25) is 0 Å². The second kappa shape index (κ2) is 6.26. The molecule has 3 rings (SSSR count). The summed E-state index contributed by atoms with van der Waals surface area (Å²) in [6.45, 7) is 0.201. The van der Waals surface area contributed by atoms with E-state index in [1.807, 2.05) is 18.2 Å². The highest BCUT2D eigenvalue weighted by Gasteiger charge is 2.06. The number of halogens is 1. The van der Waals surface area contributed by atoms with Gasteiger partial charge in [0.15, 0.2) is 6.61 Å². The molecule has 1 amide bonds. The molecule has 2 aromatic heterocycles. The first-order chi connectivity index (χ1) is 10.7. The lowest BCUT2D eigenvalue weighted by atomic mass is 10.3. The van der Waals surface area contributed by atoms with E-state index in [9.17, 15) is 9.18 Å². The Labute approximate surface area is 126 Å². The van der Waals surface area contributed by atoms with Gasteiger partial charge < -0.3 is 14.5 Å². The zero-order chi connectivity index (χ0) is 15.4. The number of aromatic nitrogens is 2. The Morgan fingerprint density at radius 3 is 2.82 bits per heavy atom. The number of fused-ring (bicyclic) bond motifs is 1. The SMILES string of the molecule is O=C(COc1ccccc1)NCc1cn2cc(F)ccc2n1. The highest BCUT2D eigenvalue weighted by Crippen LogP contribution is 2.08. The van der Waals surface area contributed by atoms with Crippen molar-refractivity contribution in [3.63, 3.8) is 0 Å². The standard InChI is InChI=1S/C16H14FN3O2/c17-12-6-7-15-19-13(10-20(15)9-12)8-18-16(21)11-22-14-4-2-1-3-5-14/h1-7,9-10H,8,11H2,(H,18,21). The van der Waals surface area contributed by atoms with Crippen molar-refractivity contribution in [2.75, 3.05) is 6.61 Å². The summed E-state index contributed by atoms with van der Waals surface area (Å²) in [6, 6.07) is 12.0.